The summed E-state index contributed by atoms with van der Waals surface area (Å²) in [4.78, 5) is 13.7. The van der Waals surface area contributed by atoms with Crippen molar-refractivity contribution in [3.05, 3.63) is 46.9 Å². The molecule has 0 unspecified atom stereocenters. The van der Waals surface area contributed by atoms with Gasteiger partial charge in [-0.05, 0) is 83.0 Å². The molecule has 0 amide bonds. The molecule has 3 aromatic rings. The highest BCUT2D eigenvalue weighted by atomic mass is 35.5. The van der Waals surface area contributed by atoms with E-state index in [0.717, 1.165) is 35.2 Å². The maximum atomic E-state index is 13.5. The molecule has 0 saturated carbocycles. The second kappa shape index (κ2) is 12.0. The summed E-state index contributed by atoms with van der Waals surface area (Å²) >= 11 is 6.53. The van der Waals surface area contributed by atoms with E-state index in [1.165, 1.54) is 31.6 Å². The lowest BCUT2D eigenvalue weighted by Crippen LogP contribution is -2.58. The molecule has 230 valence electrons. The van der Waals surface area contributed by atoms with Gasteiger partial charge >= 0.3 is 0 Å². The number of benzene rings is 2. The van der Waals surface area contributed by atoms with Crippen molar-refractivity contribution in [2.24, 2.45) is 22.4 Å². The van der Waals surface area contributed by atoms with Crippen molar-refractivity contribution in [1.82, 2.24) is 14.7 Å². The van der Waals surface area contributed by atoms with Gasteiger partial charge in [-0.2, -0.15) is 10.1 Å². The van der Waals surface area contributed by atoms with Crippen LogP contribution >= 0.6 is 18.7 Å². The van der Waals surface area contributed by atoms with Crippen molar-refractivity contribution in [2.45, 2.75) is 26.7 Å². The number of nitrogens with one attached hydrogen (secondary N) is 2. The summed E-state index contributed by atoms with van der Waals surface area (Å²) in [7, 11) is 2.97. The molecule has 0 radical (unpaired) electrons. The van der Waals surface area contributed by atoms with E-state index < -0.39 is 7.14 Å². The van der Waals surface area contributed by atoms with Gasteiger partial charge in [0.2, 0.25) is 5.96 Å². The summed E-state index contributed by atoms with van der Waals surface area (Å²) in [5.74, 6) is 1.27. The fourth-order valence-electron chi connectivity index (χ4n) is 6.46. The Morgan fingerprint density at radius 1 is 1.14 bits per heavy atom. The number of likely N-dealkylation sites (tertiary alicyclic amines) is 1. The number of anilines is 3. The zero-order valence-corrected chi connectivity index (χ0v) is 27.8. The normalized spacial score (nSPS) is 18.0. The maximum absolute atomic E-state index is 13.5. The lowest BCUT2D eigenvalue weighted by atomic mass is 9.72. The topological polar surface area (TPSA) is 99.4 Å². The molecule has 1 spiro atoms. The summed E-state index contributed by atoms with van der Waals surface area (Å²) in [6.45, 7) is 15.5. The highest BCUT2D eigenvalue weighted by molar-refractivity contribution is 7.71. The quantitative estimate of drug-likeness (QED) is 0.198. The van der Waals surface area contributed by atoms with Crippen LogP contribution in [0, 0.1) is 12.3 Å². The Labute approximate surface area is 259 Å². The van der Waals surface area contributed by atoms with E-state index in [9.17, 15) is 4.57 Å². The van der Waals surface area contributed by atoms with Crippen LogP contribution in [-0.4, -0.2) is 81.0 Å². The molecule has 12 heteroatoms. The van der Waals surface area contributed by atoms with Gasteiger partial charge in [0, 0.05) is 50.4 Å². The second-order valence-corrected chi connectivity index (χ2v) is 16.0. The number of guanidine groups is 1. The monoisotopic (exact) mass is 624 g/mol. The van der Waals surface area contributed by atoms with E-state index >= 15 is 0 Å². The lowest BCUT2D eigenvalue weighted by Gasteiger charge is -2.53. The zero-order chi connectivity index (χ0) is 31.1. The van der Waals surface area contributed by atoms with Crippen molar-refractivity contribution in [3.8, 4) is 5.75 Å². The van der Waals surface area contributed by atoms with Gasteiger partial charge in [0.25, 0.3) is 0 Å². The molecule has 2 aliphatic rings. The molecule has 10 nitrogen and oxygen atoms in total. The van der Waals surface area contributed by atoms with E-state index in [1.54, 1.807) is 38.2 Å². The van der Waals surface area contributed by atoms with E-state index in [-0.39, 0.29) is 5.96 Å². The van der Waals surface area contributed by atoms with Crippen LogP contribution < -0.4 is 25.6 Å². The van der Waals surface area contributed by atoms with Gasteiger partial charge in [0.15, 0.2) is 0 Å². The van der Waals surface area contributed by atoms with E-state index in [1.807, 2.05) is 19.2 Å². The number of fused-ring (bicyclic) bond motifs is 1. The Morgan fingerprint density at radius 2 is 1.84 bits per heavy atom. The average Bonchev–Trinajstić information content (AvgIpc) is 3.31. The number of aromatic nitrogens is 2. The lowest BCUT2D eigenvalue weighted by molar-refractivity contribution is 0.00130. The fourth-order valence-corrected chi connectivity index (χ4v) is 8.05. The van der Waals surface area contributed by atoms with E-state index in [2.05, 4.69) is 68.3 Å². The van der Waals surface area contributed by atoms with Gasteiger partial charge in [0.1, 0.15) is 18.7 Å². The Kier molecular flexibility index (Phi) is 8.67. The number of ether oxygens (including phenoxy) is 1. The number of aliphatic imine (C=N–C) groups is 2. The van der Waals surface area contributed by atoms with Crippen LogP contribution in [-0.2, 0) is 11.6 Å². The maximum Gasteiger partial charge on any atom is 0.228 e. The predicted molar refractivity (Wildman–Crippen MR) is 182 cm³/mol. The molecule has 43 heavy (non-hydrogen) atoms. The number of allylic oxidation sites excluding steroid dienone is 1. The minimum Gasteiger partial charge on any atom is -0.494 e. The first-order valence-corrected chi connectivity index (χ1v) is 17.4. The smallest absolute Gasteiger partial charge is 0.228 e. The second-order valence-electron chi connectivity index (χ2n) is 12.2. The summed E-state index contributed by atoms with van der Waals surface area (Å²) in [6.07, 6.45) is 4.17. The Morgan fingerprint density at radius 3 is 2.42 bits per heavy atom. The molecule has 2 aromatic carbocycles. The molecule has 2 N–H and O–H groups in total. The highest BCUT2D eigenvalue weighted by Gasteiger charge is 2.43. The van der Waals surface area contributed by atoms with Crippen LogP contribution in [0.5, 0.6) is 5.75 Å². The largest absolute Gasteiger partial charge is 0.494 e. The molecule has 2 fully saturated rings. The van der Waals surface area contributed by atoms with Gasteiger partial charge in [0.05, 0.1) is 40.5 Å². The highest BCUT2D eigenvalue weighted by Crippen LogP contribution is 2.43. The third-order valence-corrected chi connectivity index (χ3v) is 10.2. The van der Waals surface area contributed by atoms with Crippen molar-refractivity contribution >= 4 is 64.7 Å². The summed E-state index contributed by atoms with van der Waals surface area (Å²) in [5.41, 5.74) is 4.96. The first kappa shape index (κ1) is 31.1. The molecule has 0 aliphatic carbocycles. The molecule has 1 aromatic heterocycles. The molecule has 2 saturated heterocycles. The van der Waals surface area contributed by atoms with Crippen LogP contribution in [0.2, 0.25) is 0 Å². The molecule has 5 rings (SSSR count). The molecule has 2 aliphatic heterocycles. The van der Waals surface area contributed by atoms with Crippen LogP contribution in [0.1, 0.15) is 25.3 Å². The number of methoxy groups -OCH3 is 1. The molecular formula is C31H42ClN8O2P. The minimum absolute atomic E-state index is 0.237. The van der Waals surface area contributed by atoms with Crippen LogP contribution in [0.4, 0.5) is 17.1 Å². The Bertz CT molecular complexity index is 1650. The summed E-state index contributed by atoms with van der Waals surface area (Å²) in [6, 6.07) is 7.95. The minimum atomic E-state index is -2.73. The molecule has 0 atom stereocenters. The predicted octanol–water partition coefficient (Wildman–Crippen LogP) is 5.68. The molecular weight excluding hydrogens is 583 g/mol. The van der Waals surface area contributed by atoms with Crippen molar-refractivity contribution in [2.75, 3.05) is 69.2 Å². The summed E-state index contributed by atoms with van der Waals surface area (Å²) < 4.78 is 21.0. The number of hydrogen-bond donors (Lipinski definition) is 2. The number of nitrogens with zero attached hydrogens (tertiary/aromatic N) is 6. The fraction of sp³-hybridized carbons (Fsp3) is 0.452. The summed E-state index contributed by atoms with van der Waals surface area (Å²) in [5, 5.41) is 12.9. The Balaban J connectivity index is 1.41. The number of halogens is 1. The van der Waals surface area contributed by atoms with E-state index in [0.29, 0.717) is 33.0 Å². The first-order valence-electron chi connectivity index (χ1n) is 14.4. The van der Waals surface area contributed by atoms with Crippen molar-refractivity contribution in [1.29, 1.82) is 0 Å². The molecule has 0 bridgehead atoms. The van der Waals surface area contributed by atoms with Gasteiger partial charge in [-0.1, -0.05) is 11.6 Å². The van der Waals surface area contributed by atoms with Gasteiger partial charge in [-0.25, -0.2) is 4.99 Å². The van der Waals surface area contributed by atoms with Crippen LogP contribution in [0.15, 0.2) is 51.3 Å². The third kappa shape index (κ3) is 6.33. The molecule has 3 heterocycles. The Hall–Kier alpha value is -3.33. The first-order chi connectivity index (χ1) is 20.3. The van der Waals surface area contributed by atoms with Gasteiger partial charge < -0.3 is 29.7 Å². The number of aryl methyl sites for hydroxylation is 2. The SMILES string of the molecule is C=N/C(=N\C(Nc1ccc2cnn(C)c2c1P(C)(C)=O)=C(/C)Cl)Nc1cc(C)c(N2CCC3(CC2)CN(C)C3)cc1OC. The number of piperidine rings is 1. The van der Waals surface area contributed by atoms with Crippen molar-refractivity contribution < 1.29 is 9.30 Å². The number of hydrogen-bond acceptors (Lipinski definition) is 7. The van der Waals surface area contributed by atoms with Crippen LogP contribution in [0.25, 0.3) is 10.9 Å². The van der Waals surface area contributed by atoms with Crippen LogP contribution in [0.3, 0.4) is 0 Å². The average molecular weight is 625 g/mol. The van der Waals surface area contributed by atoms with E-state index in [4.69, 9.17) is 16.3 Å². The number of rotatable bonds is 7. The van der Waals surface area contributed by atoms with Crippen molar-refractivity contribution in [3.63, 3.8) is 0 Å². The zero-order valence-electron chi connectivity index (χ0n) is 26.2. The standard InChI is InChI=1S/C31H42ClN8O2P/c1-20-15-24(26(42-6)16-25(20)40-13-11-31(12-14-40)18-38(4)19-31)36-30(33-3)37-29(21(2)32)35-23-10-9-22-17-34-39(5)27(22)28(23)43(7,8)41/h9-10,15-17,35H,3,11-14,18-19H2,1-2,4-8H3,(H,36,37)/b29-21+. The third-order valence-electron chi connectivity index (χ3n) is 8.50. The van der Waals surface area contributed by atoms with Gasteiger partial charge in [-0.15, -0.1) is 0 Å². The van der Waals surface area contributed by atoms with Gasteiger partial charge in [-0.3, -0.25) is 4.68 Å².